The highest BCUT2D eigenvalue weighted by molar-refractivity contribution is 6.64. The molecule has 0 spiro atoms. The van der Waals surface area contributed by atoms with Crippen LogP contribution >= 0.6 is 0 Å². The van der Waals surface area contributed by atoms with Crippen LogP contribution in [0.4, 0.5) is 0 Å². The van der Waals surface area contributed by atoms with Gasteiger partial charge in [0.1, 0.15) is 12.4 Å². The summed E-state index contributed by atoms with van der Waals surface area (Å²) in [7, 11) is -0.374. The molecule has 0 bridgehead atoms. The minimum absolute atomic E-state index is 0.000967. The lowest BCUT2D eigenvalue weighted by Crippen LogP contribution is -2.34. The Bertz CT molecular complexity index is 491. The van der Waals surface area contributed by atoms with Crippen molar-refractivity contribution >= 4 is 18.7 Å². The third kappa shape index (κ3) is 1.67. The smallest absolute Gasteiger partial charge is 0.491 e. The fourth-order valence-electron chi connectivity index (χ4n) is 2.56. The molecule has 2 atom stereocenters. The van der Waals surface area contributed by atoms with Gasteiger partial charge in [-0.1, -0.05) is 18.7 Å². The second-order valence-electron chi connectivity index (χ2n) is 4.63. The molecule has 5 heteroatoms. The molecule has 1 aromatic rings. The van der Waals surface area contributed by atoms with Gasteiger partial charge in [0.05, 0.1) is 12.2 Å². The van der Waals surface area contributed by atoms with E-state index < -0.39 is 0 Å². The Balaban J connectivity index is 2.17. The van der Waals surface area contributed by atoms with Gasteiger partial charge in [0, 0.05) is 12.0 Å². The van der Waals surface area contributed by atoms with Crippen LogP contribution in [0.15, 0.2) is 18.7 Å². The van der Waals surface area contributed by atoms with E-state index in [0.29, 0.717) is 13.2 Å². The van der Waals surface area contributed by atoms with Crippen molar-refractivity contribution in [2.24, 2.45) is 5.73 Å². The predicted octanol–water partition coefficient (Wildman–Crippen LogP) is 0.852. The number of benzene rings is 1. The summed E-state index contributed by atoms with van der Waals surface area (Å²) in [5.41, 5.74) is 8.85. The first-order valence-corrected chi connectivity index (χ1v) is 6.17. The Morgan fingerprint density at radius 1 is 1.50 bits per heavy atom. The summed E-state index contributed by atoms with van der Waals surface area (Å²) in [6, 6.07) is 3.94. The molecule has 4 nitrogen and oxygen atoms in total. The summed E-state index contributed by atoms with van der Waals surface area (Å²) in [6.07, 6.45) is 1.67. The van der Waals surface area contributed by atoms with E-state index in [0.717, 1.165) is 22.3 Å². The number of hydrogen-bond acceptors (Lipinski definition) is 4. The quantitative estimate of drug-likeness (QED) is 0.785. The average Bonchev–Trinajstić information content (AvgIpc) is 2.66. The van der Waals surface area contributed by atoms with Gasteiger partial charge in [-0.25, -0.2) is 0 Å². The Morgan fingerprint density at radius 3 is 3.06 bits per heavy atom. The van der Waals surface area contributed by atoms with Crippen LogP contribution in [-0.2, 0) is 9.31 Å². The third-order valence-electron chi connectivity index (χ3n) is 3.39. The topological polar surface area (TPSA) is 53.7 Å². The average molecular weight is 245 g/mol. The number of rotatable bonds is 2. The molecular weight excluding hydrogens is 229 g/mol. The minimum atomic E-state index is -0.374. The highest BCUT2D eigenvalue weighted by atomic mass is 16.6. The van der Waals surface area contributed by atoms with Crippen LogP contribution in [0.25, 0.3) is 6.08 Å². The van der Waals surface area contributed by atoms with Crippen LogP contribution in [0.3, 0.4) is 0 Å². The van der Waals surface area contributed by atoms with Crippen molar-refractivity contribution in [2.45, 2.75) is 19.1 Å². The summed E-state index contributed by atoms with van der Waals surface area (Å²) in [5, 5.41) is 0. The first-order valence-electron chi connectivity index (χ1n) is 6.17. The van der Waals surface area contributed by atoms with Crippen molar-refractivity contribution in [2.75, 3.05) is 13.2 Å². The van der Waals surface area contributed by atoms with Crippen molar-refractivity contribution in [3.8, 4) is 5.75 Å². The molecule has 0 amide bonds. The number of ether oxygens (including phenoxy) is 1. The molecule has 18 heavy (non-hydrogen) atoms. The molecule has 2 unspecified atom stereocenters. The van der Waals surface area contributed by atoms with Gasteiger partial charge in [-0.05, 0) is 24.1 Å². The normalized spacial score (nSPS) is 25.3. The van der Waals surface area contributed by atoms with E-state index in [4.69, 9.17) is 19.8 Å². The molecule has 1 aromatic carbocycles. The van der Waals surface area contributed by atoms with Crippen molar-refractivity contribution < 1.29 is 14.0 Å². The molecule has 3 rings (SSSR count). The second-order valence-corrected chi connectivity index (χ2v) is 4.63. The first kappa shape index (κ1) is 11.8. The van der Waals surface area contributed by atoms with E-state index in [9.17, 15) is 0 Å². The lowest BCUT2D eigenvalue weighted by atomic mass is 9.76. The number of hydrogen-bond donors (Lipinski definition) is 1. The van der Waals surface area contributed by atoms with Crippen molar-refractivity contribution in [1.82, 2.24) is 0 Å². The molecule has 0 fully saturated rings. The van der Waals surface area contributed by atoms with Gasteiger partial charge >= 0.3 is 7.12 Å². The maximum Gasteiger partial charge on any atom is 0.498 e. The highest BCUT2D eigenvalue weighted by Crippen LogP contribution is 2.33. The van der Waals surface area contributed by atoms with Crippen molar-refractivity contribution in [3.63, 3.8) is 0 Å². The summed E-state index contributed by atoms with van der Waals surface area (Å²) >= 11 is 0. The lowest BCUT2D eigenvalue weighted by molar-refractivity contribution is 0.101. The van der Waals surface area contributed by atoms with Gasteiger partial charge in [-0.2, -0.15) is 0 Å². The van der Waals surface area contributed by atoms with E-state index >= 15 is 0 Å². The molecular formula is C13H16BNO3. The van der Waals surface area contributed by atoms with Gasteiger partial charge in [-0.3, -0.25) is 0 Å². The molecule has 2 N–H and O–H groups in total. The second kappa shape index (κ2) is 4.42. The van der Waals surface area contributed by atoms with Gasteiger partial charge in [0.15, 0.2) is 0 Å². The minimum Gasteiger partial charge on any atom is -0.491 e. The summed E-state index contributed by atoms with van der Waals surface area (Å²) < 4.78 is 17.5. The van der Waals surface area contributed by atoms with Crippen LogP contribution in [0.2, 0.25) is 0 Å². The molecule has 2 heterocycles. The Hall–Kier alpha value is -1.30. The summed E-state index contributed by atoms with van der Waals surface area (Å²) in [4.78, 5) is 0. The zero-order valence-corrected chi connectivity index (χ0v) is 10.4. The molecule has 0 radical (unpaired) electrons. The molecule has 0 saturated carbocycles. The molecule has 94 valence electrons. The first-order chi connectivity index (χ1) is 8.74. The lowest BCUT2D eigenvalue weighted by Gasteiger charge is -2.16. The predicted molar refractivity (Wildman–Crippen MR) is 70.8 cm³/mol. The summed E-state index contributed by atoms with van der Waals surface area (Å²) in [6.45, 7) is 6.76. The Kier molecular flexibility index (Phi) is 2.89. The van der Waals surface area contributed by atoms with Crippen LogP contribution in [-0.4, -0.2) is 26.4 Å². The third-order valence-corrected chi connectivity index (χ3v) is 3.39. The molecule has 0 aliphatic carbocycles. The van der Waals surface area contributed by atoms with E-state index in [2.05, 4.69) is 6.58 Å². The Morgan fingerprint density at radius 2 is 2.33 bits per heavy atom. The molecule has 0 aromatic heterocycles. The zero-order valence-electron chi connectivity index (χ0n) is 10.4. The fourth-order valence-corrected chi connectivity index (χ4v) is 2.56. The molecule has 0 saturated heterocycles. The van der Waals surface area contributed by atoms with Crippen molar-refractivity contribution in [1.29, 1.82) is 0 Å². The molecule has 2 aliphatic rings. The monoisotopic (exact) mass is 245 g/mol. The van der Waals surface area contributed by atoms with E-state index in [1.165, 1.54) is 0 Å². The van der Waals surface area contributed by atoms with Gasteiger partial charge in [0.25, 0.3) is 0 Å². The van der Waals surface area contributed by atoms with Gasteiger partial charge in [-0.15, -0.1) is 0 Å². The SMILES string of the molecule is C=Cc1ccc2c3c1C(CN)OB3OC(C)CO2. The fraction of sp³-hybridized carbons (Fsp3) is 0.385. The maximum absolute atomic E-state index is 5.88. The number of nitrogens with two attached hydrogens (primary N) is 1. The van der Waals surface area contributed by atoms with Gasteiger partial charge < -0.3 is 19.8 Å². The standard InChI is InChI=1S/C13H16BNO3/c1-3-9-4-5-10-13-12(9)11(6-15)18-14(13)17-8(2)7-16-10/h3-5,8,11H,1,6-7,15H2,2H3. The van der Waals surface area contributed by atoms with Crippen LogP contribution in [0, 0.1) is 0 Å². The Labute approximate surface area is 107 Å². The molecule has 2 aliphatic heterocycles. The summed E-state index contributed by atoms with van der Waals surface area (Å²) in [5.74, 6) is 0.834. The van der Waals surface area contributed by atoms with Crippen molar-refractivity contribution in [3.05, 3.63) is 29.8 Å². The van der Waals surface area contributed by atoms with Crippen LogP contribution in [0.5, 0.6) is 5.75 Å². The van der Waals surface area contributed by atoms with E-state index in [1.807, 2.05) is 25.1 Å². The highest BCUT2D eigenvalue weighted by Gasteiger charge is 2.43. The van der Waals surface area contributed by atoms with Crippen LogP contribution in [0.1, 0.15) is 24.2 Å². The van der Waals surface area contributed by atoms with E-state index in [-0.39, 0.29) is 19.3 Å². The largest absolute Gasteiger partial charge is 0.498 e. The van der Waals surface area contributed by atoms with Gasteiger partial charge in [0.2, 0.25) is 0 Å². The zero-order chi connectivity index (χ0) is 12.7. The maximum atomic E-state index is 5.88. The van der Waals surface area contributed by atoms with Crippen LogP contribution < -0.4 is 15.9 Å². The van der Waals surface area contributed by atoms with E-state index in [1.54, 1.807) is 0 Å².